The molecule has 0 aliphatic rings. The molecule has 1 N–H and O–H groups in total. The van der Waals surface area contributed by atoms with Gasteiger partial charge in [0.15, 0.2) is 0 Å². The Kier molecular flexibility index (Phi) is 4.74. The number of nitrogens with one attached hydrogen (secondary N) is 1. The van der Waals surface area contributed by atoms with Crippen LogP contribution in [0, 0.1) is 5.92 Å². The van der Waals surface area contributed by atoms with Gasteiger partial charge in [0.05, 0.1) is 0 Å². The van der Waals surface area contributed by atoms with Crippen molar-refractivity contribution in [3.8, 4) is 11.5 Å². The van der Waals surface area contributed by atoms with Gasteiger partial charge in [-0.2, -0.15) is 0 Å². The van der Waals surface area contributed by atoms with Gasteiger partial charge >= 0.3 is 11.8 Å². The maximum atomic E-state index is 11.8. The number of benzene rings is 1. The second-order valence-corrected chi connectivity index (χ2v) is 5.29. The summed E-state index contributed by atoms with van der Waals surface area (Å²) in [5.74, 6) is 0.454. The first-order chi connectivity index (χ1) is 9.56. The highest BCUT2D eigenvalue weighted by molar-refractivity contribution is 6.30. The minimum absolute atomic E-state index is 0.0290. The van der Waals surface area contributed by atoms with E-state index in [2.05, 4.69) is 29.4 Å². The lowest BCUT2D eigenvalue weighted by molar-refractivity contribution is 0.0918. The second-order valence-electron chi connectivity index (χ2n) is 4.86. The van der Waals surface area contributed by atoms with Gasteiger partial charge in [0.1, 0.15) is 0 Å². The van der Waals surface area contributed by atoms with Crippen molar-refractivity contribution in [1.82, 2.24) is 15.5 Å². The number of hydrogen-bond acceptors (Lipinski definition) is 4. The zero-order chi connectivity index (χ0) is 14.5. The smallest absolute Gasteiger partial charge is 0.308 e. The Labute approximate surface area is 122 Å². The van der Waals surface area contributed by atoms with Crippen molar-refractivity contribution < 1.29 is 9.21 Å². The van der Waals surface area contributed by atoms with E-state index in [0.29, 0.717) is 23.4 Å². The Hall–Kier alpha value is -1.88. The van der Waals surface area contributed by atoms with Crippen LogP contribution in [0.2, 0.25) is 5.02 Å². The number of halogens is 1. The van der Waals surface area contributed by atoms with Gasteiger partial charge in [-0.25, -0.2) is 0 Å². The summed E-state index contributed by atoms with van der Waals surface area (Å²) in [5, 5.41) is 11.0. The number of hydrogen-bond donors (Lipinski definition) is 1. The van der Waals surface area contributed by atoms with Crippen molar-refractivity contribution in [1.29, 1.82) is 0 Å². The molecule has 2 aromatic rings. The number of amides is 1. The first-order valence-corrected chi connectivity index (χ1v) is 6.81. The Bertz CT molecular complexity index is 578. The van der Waals surface area contributed by atoms with Crippen LogP contribution in [0.15, 0.2) is 28.7 Å². The molecule has 2 rings (SSSR count). The number of carbonyl (C=O) groups is 1. The minimum atomic E-state index is -0.349. The summed E-state index contributed by atoms with van der Waals surface area (Å²) >= 11 is 5.81. The van der Waals surface area contributed by atoms with E-state index in [1.54, 1.807) is 24.3 Å². The highest BCUT2D eigenvalue weighted by Crippen LogP contribution is 2.20. The number of rotatable bonds is 5. The largest absolute Gasteiger partial charge is 0.412 e. The van der Waals surface area contributed by atoms with E-state index < -0.39 is 0 Å². The molecular formula is C14H16ClN3O2. The van der Waals surface area contributed by atoms with Crippen LogP contribution in [-0.2, 0) is 0 Å². The summed E-state index contributed by atoms with van der Waals surface area (Å²) in [6, 6.07) is 6.97. The molecule has 0 atom stereocenters. The third-order valence-corrected chi connectivity index (χ3v) is 2.97. The van der Waals surface area contributed by atoms with Gasteiger partial charge in [-0.05, 0) is 36.6 Å². The van der Waals surface area contributed by atoms with Gasteiger partial charge in [0.25, 0.3) is 0 Å². The van der Waals surface area contributed by atoms with E-state index in [4.69, 9.17) is 16.0 Å². The molecule has 0 saturated carbocycles. The molecule has 0 saturated heterocycles. The van der Waals surface area contributed by atoms with Gasteiger partial charge in [-0.15, -0.1) is 10.2 Å². The molecule has 1 aromatic heterocycles. The van der Waals surface area contributed by atoms with Crippen LogP contribution in [-0.4, -0.2) is 22.6 Å². The fraction of sp³-hybridized carbons (Fsp3) is 0.357. The number of aromatic nitrogens is 2. The molecule has 0 bridgehead atoms. The van der Waals surface area contributed by atoms with E-state index in [0.717, 1.165) is 12.0 Å². The number of carbonyl (C=O) groups excluding carboxylic acids is 1. The predicted octanol–water partition coefficient (Wildman–Crippen LogP) is 3.17. The summed E-state index contributed by atoms with van der Waals surface area (Å²) in [5.41, 5.74) is 0.725. The zero-order valence-corrected chi connectivity index (χ0v) is 12.1. The van der Waals surface area contributed by atoms with Crippen LogP contribution in [0.5, 0.6) is 0 Å². The fourth-order valence-electron chi connectivity index (χ4n) is 1.57. The first-order valence-electron chi connectivity index (χ1n) is 6.44. The molecule has 0 aliphatic carbocycles. The van der Waals surface area contributed by atoms with Crippen molar-refractivity contribution in [2.24, 2.45) is 5.92 Å². The molecule has 20 heavy (non-hydrogen) atoms. The van der Waals surface area contributed by atoms with Gasteiger partial charge in [-0.3, -0.25) is 4.79 Å². The molecule has 0 fully saturated rings. The van der Waals surface area contributed by atoms with Crippen molar-refractivity contribution in [2.75, 3.05) is 6.54 Å². The molecule has 0 radical (unpaired) electrons. The third-order valence-electron chi connectivity index (χ3n) is 2.72. The van der Waals surface area contributed by atoms with Crippen molar-refractivity contribution in [3.05, 3.63) is 35.2 Å². The maximum Gasteiger partial charge on any atom is 0.308 e. The summed E-state index contributed by atoms with van der Waals surface area (Å²) in [6.07, 6.45) is 0.907. The average molecular weight is 294 g/mol. The number of nitrogens with zero attached hydrogens (tertiary/aromatic N) is 2. The lowest BCUT2D eigenvalue weighted by Crippen LogP contribution is -2.25. The lowest BCUT2D eigenvalue weighted by atomic mass is 10.1. The van der Waals surface area contributed by atoms with Gasteiger partial charge in [0, 0.05) is 17.1 Å². The summed E-state index contributed by atoms with van der Waals surface area (Å²) in [6.45, 7) is 4.78. The average Bonchev–Trinajstić information content (AvgIpc) is 2.88. The molecule has 1 aromatic carbocycles. The molecule has 1 amide bonds. The van der Waals surface area contributed by atoms with E-state index >= 15 is 0 Å². The Morgan fingerprint density at radius 3 is 2.65 bits per heavy atom. The summed E-state index contributed by atoms with van der Waals surface area (Å²) in [7, 11) is 0. The monoisotopic (exact) mass is 293 g/mol. The minimum Gasteiger partial charge on any atom is -0.412 e. The highest BCUT2D eigenvalue weighted by atomic mass is 35.5. The lowest BCUT2D eigenvalue weighted by Gasteiger charge is -2.04. The van der Waals surface area contributed by atoms with Crippen LogP contribution in [0.4, 0.5) is 0 Å². The molecule has 0 spiro atoms. The normalized spacial score (nSPS) is 10.8. The third kappa shape index (κ3) is 3.81. The van der Waals surface area contributed by atoms with Crippen molar-refractivity contribution in [3.63, 3.8) is 0 Å². The second kappa shape index (κ2) is 6.52. The highest BCUT2D eigenvalue weighted by Gasteiger charge is 2.15. The zero-order valence-electron chi connectivity index (χ0n) is 11.4. The SMILES string of the molecule is CC(C)CCNC(=O)c1nnc(-c2ccc(Cl)cc2)o1. The maximum absolute atomic E-state index is 11.8. The molecule has 0 unspecified atom stereocenters. The topological polar surface area (TPSA) is 68.0 Å². The molecule has 0 aliphatic heterocycles. The Balaban J connectivity index is 2.01. The molecule has 1 heterocycles. The predicted molar refractivity (Wildman–Crippen MR) is 76.5 cm³/mol. The van der Waals surface area contributed by atoms with Gasteiger partial charge in [-0.1, -0.05) is 25.4 Å². The van der Waals surface area contributed by atoms with Gasteiger partial charge in [0.2, 0.25) is 5.89 Å². The van der Waals surface area contributed by atoms with Crippen LogP contribution in [0.1, 0.15) is 31.0 Å². The molecular weight excluding hydrogens is 278 g/mol. The van der Waals surface area contributed by atoms with E-state index in [-0.39, 0.29) is 11.8 Å². The van der Waals surface area contributed by atoms with Gasteiger partial charge < -0.3 is 9.73 Å². The van der Waals surface area contributed by atoms with E-state index in [1.165, 1.54) is 0 Å². The fourth-order valence-corrected chi connectivity index (χ4v) is 1.70. The van der Waals surface area contributed by atoms with Crippen LogP contribution >= 0.6 is 11.6 Å². The standard InChI is InChI=1S/C14H16ClN3O2/c1-9(2)7-8-16-12(19)14-18-17-13(20-14)10-3-5-11(15)6-4-10/h3-6,9H,7-8H2,1-2H3,(H,16,19). The van der Waals surface area contributed by atoms with E-state index in [1.807, 2.05) is 0 Å². The first kappa shape index (κ1) is 14.5. The molecule has 6 heteroatoms. The summed E-state index contributed by atoms with van der Waals surface area (Å²) in [4.78, 5) is 11.8. The molecule has 5 nitrogen and oxygen atoms in total. The van der Waals surface area contributed by atoms with Crippen molar-refractivity contribution >= 4 is 17.5 Å². The van der Waals surface area contributed by atoms with Crippen molar-refractivity contribution in [2.45, 2.75) is 20.3 Å². The van der Waals surface area contributed by atoms with Crippen LogP contribution < -0.4 is 5.32 Å². The van der Waals surface area contributed by atoms with Crippen LogP contribution in [0.3, 0.4) is 0 Å². The van der Waals surface area contributed by atoms with E-state index in [9.17, 15) is 4.79 Å². The van der Waals surface area contributed by atoms with Crippen LogP contribution in [0.25, 0.3) is 11.5 Å². The Morgan fingerprint density at radius 2 is 2.00 bits per heavy atom. The summed E-state index contributed by atoms with van der Waals surface area (Å²) < 4.78 is 5.35. The quantitative estimate of drug-likeness (QED) is 0.919. The molecule has 106 valence electrons. The Morgan fingerprint density at radius 1 is 1.30 bits per heavy atom.